The Hall–Kier alpha value is -8.51. The number of carbonyl (C=O) groups is 7. The second-order valence-electron chi connectivity index (χ2n) is 17.2. The molecule has 0 aliphatic carbocycles. The summed E-state index contributed by atoms with van der Waals surface area (Å²) in [6.07, 6.45) is 5.38. The van der Waals surface area contributed by atoms with Crippen LogP contribution < -0.4 is 40.6 Å². The predicted molar refractivity (Wildman–Crippen MR) is 260 cm³/mol. The molecule has 4 aromatic heterocycles. The molecule has 9 rings (SSSR count). The Bertz CT molecular complexity index is 3320. The van der Waals surface area contributed by atoms with Crippen LogP contribution >= 0.6 is 23.2 Å². The summed E-state index contributed by atoms with van der Waals surface area (Å²) in [5, 5.41) is 16.8. The van der Waals surface area contributed by atoms with Crippen molar-refractivity contribution in [2.45, 2.75) is 63.8 Å². The van der Waals surface area contributed by atoms with Crippen molar-refractivity contribution in [3.05, 3.63) is 121 Å². The number of nitrogens with one attached hydrogen (secondary N) is 3. The summed E-state index contributed by atoms with van der Waals surface area (Å²) in [6.45, 7) is 0.312. The van der Waals surface area contributed by atoms with Crippen molar-refractivity contribution in [1.29, 1.82) is 0 Å². The zero-order valence-corrected chi connectivity index (χ0v) is 41.3. The van der Waals surface area contributed by atoms with Gasteiger partial charge < -0.3 is 34.0 Å². The fourth-order valence-electron chi connectivity index (χ4n) is 8.94. The fraction of sp³-hybridized carbons (Fsp3) is 0.312. The molecule has 0 radical (unpaired) electrons. The number of pyridine rings is 1. The van der Waals surface area contributed by atoms with Crippen molar-refractivity contribution < 1.29 is 47.8 Å². The van der Waals surface area contributed by atoms with Gasteiger partial charge in [-0.25, -0.2) is 9.97 Å². The van der Waals surface area contributed by atoms with E-state index in [4.69, 9.17) is 42.4 Å². The molecule has 1 unspecified atom stereocenters. The number of halogens is 2. The molecule has 24 nitrogen and oxygen atoms in total. The van der Waals surface area contributed by atoms with Crippen molar-refractivity contribution in [3.8, 4) is 29.0 Å². The first-order valence-corrected chi connectivity index (χ1v) is 23.8. The topological polar surface area (TPSA) is 286 Å². The lowest BCUT2D eigenvalue weighted by Gasteiger charge is -2.27. The molecule has 1 saturated heterocycles. The molecular formula is C48H45Cl2N13O11. The zero-order valence-electron chi connectivity index (χ0n) is 39.8. The zero-order chi connectivity index (χ0) is 52.4. The molecule has 74 heavy (non-hydrogen) atoms. The third-order valence-corrected chi connectivity index (χ3v) is 12.8. The van der Waals surface area contributed by atoms with E-state index in [1.807, 2.05) is 4.57 Å². The molecule has 3 N–H and O–H groups in total. The van der Waals surface area contributed by atoms with Crippen LogP contribution in [-0.4, -0.2) is 119 Å². The Morgan fingerprint density at radius 2 is 1.65 bits per heavy atom. The maximum atomic E-state index is 14.6. The van der Waals surface area contributed by atoms with E-state index in [9.17, 15) is 38.4 Å². The number of piperidine rings is 1. The minimum absolute atomic E-state index is 0.00669. The third-order valence-electron chi connectivity index (χ3n) is 12.4. The maximum absolute atomic E-state index is 14.6. The van der Waals surface area contributed by atoms with Gasteiger partial charge in [0.15, 0.2) is 12.3 Å². The summed E-state index contributed by atoms with van der Waals surface area (Å²) < 4.78 is 21.3. The molecule has 26 heteroatoms. The average Bonchev–Trinajstić information content (AvgIpc) is 4.16. The number of carbonyl (C=O) groups excluding carboxylic acids is 7. The smallest absolute Gasteiger partial charge is 0.319 e. The Labute approximate surface area is 429 Å². The molecule has 2 atom stereocenters. The lowest BCUT2D eigenvalue weighted by Crippen LogP contribution is -2.54. The number of imidazole rings is 1. The number of hydrogen-bond donors (Lipinski definition) is 3. The Morgan fingerprint density at radius 1 is 0.851 bits per heavy atom. The maximum Gasteiger partial charge on any atom is 0.319 e. The van der Waals surface area contributed by atoms with E-state index >= 15 is 0 Å². The van der Waals surface area contributed by atoms with Crippen LogP contribution in [0.25, 0.3) is 11.4 Å². The van der Waals surface area contributed by atoms with Crippen LogP contribution in [0.3, 0.4) is 0 Å². The van der Waals surface area contributed by atoms with Crippen LogP contribution in [0, 0.1) is 0 Å². The van der Waals surface area contributed by atoms with Crippen LogP contribution in [0.2, 0.25) is 10.0 Å². The number of imide groups is 2. The lowest BCUT2D eigenvalue weighted by atomic mass is 10.0. The number of ether oxygens (including phenoxy) is 3. The summed E-state index contributed by atoms with van der Waals surface area (Å²) in [6, 6.07) is 10.8. The highest BCUT2D eigenvalue weighted by Gasteiger charge is 2.47. The minimum Gasteiger partial charge on any atom is -0.483 e. The first-order valence-electron chi connectivity index (χ1n) is 23.1. The second kappa shape index (κ2) is 21.3. The van der Waals surface area contributed by atoms with E-state index < -0.39 is 59.7 Å². The Morgan fingerprint density at radius 3 is 2.41 bits per heavy atom. The summed E-state index contributed by atoms with van der Waals surface area (Å²) in [4.78, 5) is 120. The number of methoxy groups -OCH3 is 2. The van der Waals surface area contributed by atoms with E-state index in [1.165, 1.54) is 60.3 Å². The molecule has 6 aromatic rings. The Kier molecular flexibility index (Phi) is 14.5. The van der Waals surface area contributed by atoms with Gasteiger partial charge in [0.2, 0.25) is 23.6 Å². The van der Waals surface area contributed by atoms with Gasteiger partial charge in [-0.2, -0.15) is 4.98 Å². The van der Waals surface area contributed by atoms with Crippen LogP contribution in [0.4, 0.5) is 5.69 Å². The number of aryl methyl sites for hydroxylation is 2. The molecule has 1 fully saturated rings. The third kappa shape index (κ3) is 10.00. The van der Waals surface area contributed by atoms with Gasteiger partial charge in [0, 0.05) is 56.9 Å². The number of benzene rings is 2. The molecule has 0 saturated carbocycles. The predicted octanol–water partition coefficient (Wildman–Crippen LogP) is 2.79. The normalized spacial score (nSPS) is 16.0. The minimum atomic E-state index is -1.15. The van der Waals surface area contributed by atoms with E-state index in [0.717, 1.165) is 4.90 Å². The highest BCUT2D eigenvalue weighted by atomic mass is 35.5. The van der Waals surface area contributed by atoms with Gasteiger partial charge in [0.25, 0.3) is 29.2 Å². The van der Waals surface area contributed by atoms with Crippen LogP contribution in [0.5, 0.6) is 17.6 Å². The van der Waals surface area contributed by atoms with E-state index in [0.29, 0.717) is 46.3 Å². The fourth-order valence-corrected chi connectivity index (χ4v) is 9.32. The highest BCUT2D eigenvalue weighted by Crippen LogP contribution is 2.44. The number of fused-ring (bicyclic) bond motifs is 2. The molecule has 382 valence electrons. The molecule has 7 amide bonds. The molecule has 3 aliphatic heterocycles. The highest BCUT2D eigenvalue weighted by molar-refractivity contribution is 6.31. The standard InChI is InChI=1S/C48H45Cl2N13O11/c1-59-22-27(50)19-32(45(59)69)62-39(25-10-12-26(49)13-11-25)40-38(47(62)71)55-41(30-21-53-48(73-3)56-43(30)72-2)61(40)18-6-17-60-23-28(57-58-60)20-52-34(64)9-5-16-51-36(66)24-74-33-8-4-7-29-37(33)46(70)63(44(29)68)31-14-15-35(65)54-42(31)67/h4,7-8,10-13,19,21-23,31,39H,5-6,9,14-18,20,24H2,1-3H3,(H,51,66)(H,52,64)(H,54,65,67)/t31?,39-/m0/s1. The van der Waals surface area contributed by atoms with Gasteiger partial charge in [-0.3, -0.25) is 58.2 Å². The van der Waals surface area contributed by atoms with Gasteiger partial charge in [-0.1, -0.05) is 46.6 Å². The lowest BCUT2D eigenvalue weighted by molar-refractivity contribution is -0.136. The summed E-state index contributed by atoms with van der Waals surface area (Å²) >= 11 is 12.8. The van der Waals surface area contributed by atoms with Gasteiger partial charge >= 0.3 is 6.01 Å². The number of rotatable bonds is 19. The quantitative estimate of drug-likeness (QED) is 0.0777. The largest absolute Gasteiger partial charge is 0.483 e. The van der Waals surface area contributed by atoms with Gasteiger partial charge in [0.05, 0.1) is 54.4 Å². The van der Waals surface area contributed by atoms with Gasteiger partial charge in [-0.15, -0.1) is 5.10 Å². The van der Waals surface area contributed by atoms with Crippen LogP contribution in [0.1, 0.15) is 86.3 Å². The van der Waals surface area contributed by atoms with Crippen molar-refractivity contribution in [1.82, 2.24) is 59.9 Å². The molecule has 0 spiro atoms. The van der Waals surface area contributed by atoms with E-state index in [2.05, 4.69) is 36.2 Å². The van der Waals surface area contributed by atoms with Gasteiger partial charge in [0.1, 0.15) is 35.0 Å². The Balaban J connectivity index is 0.812. The number of amides is 7. The summed E-state index contributed by atoms with van der Waals surface area (Å²) in [5.41, 5.74) is 1.59. The number of anilines is 1. The van der Waals surface area contributed by atoms with E-state index in [1.54, 1.807) is 42.2 Å². The SMILES string of the molecule is COc1ncc(-c2nc3c(n2CCCn2cc(CNC(=O)CCCNC(=O)COc4cccc5c4C(=O)N(C4CCC(=O)NC4=O)C5=O)nn2)[C@H](c2ccc(Cl)cc2)N(c2cc(Cl)cn(C)c2=O)C3=O)c(OC)n1. The molecular weight excluding hydrogens is 1010 g/mol. The van der Waals surface area contributed by atoms with Crippen molar-refractivity contribution in [3.63, 3.8) is 0 Å². The van der Waals surface area contributed by atoms with Crippen molar-refractivity contribution >= 4 is 70.2 Å². The second-order valence-corrected chi connectivity index (χ2v) is 18.0. The number of nitrogens with zero attached hydrogens (tertiary/aromatic N) is 10. The van der Waals surface area contributed by atoms with Crippen LogP contribution in [0.15, 0.2) is 71.9 Å². The molecule has 3 aliphatic rings. The average molecular weight is 1050 g/mol. The van der Waals surface area contributed by atoms with Crippen LogP contribution in [-0.2, 0) is 45.9 Å². The molecule has 7 heterocycles. The van der Waals surface area contributed by atoms with E-state index in [-0.39, 0.29) is 96.4 Å². The number of aromatic nitrogens is 8. The molecule has 0 bridgehead atoms. The first kappa shape index (κ1) is 50.4. The van der Waals surface area contributed by atoms with Crippen molar-refractivity contribution in [2.75, 3.05) is 32.3 Å². The van der Waals surface area contributed by atoms with Crippen molar-refractivity contribution in [2.24, 2.45) is 7.05 Å². The first-order chi connectivity index (χ1) is 35.6. The number of hydrogen-bond acceptors (Lipinski definition) is 16. The summed E-state index contributed by atoms with van der Waals surface area (Å²) in [7, 11) is 4.40. The van der Waals surface area contributed by atoms with Gasteiger partial charge in [-0.05, 0) is 55.2 Å². The monoisotopic (exact) mass is 1050 g/mol. The molecule has 2 aromatic carbocycles. The summed E-state index contributed by atoms with van der Waals surface area (Å²) in [5.74, 6) is -3.64.